The number of carbonyl (C=O) groups excluding carboxylic acids is 2. The van der Waals surface area contributed by atoms with Gasteiger partial charge in [0.05, 0.1) is 10.6 Å². The van der Waals surface area contributed by atoms with Crippen molar-refractivity contribution in [3.63, 3.8) is 0 Å². The minimum Gasteiger partial charge on any atom is -0.352 e. The number of aryl methyl sites for hydroxylation is 1. The van der Waals surface area contributed by atoms with Gasteiger partial charge in [0.2, 0.25) is 11.8 Å². The van der Waals surface area contributed by atoms with Gasteiger partial charge in [0.25, 0.3) is 10.0 Å². The Morgan fingerprint density at radius 1 is 0.929 bits per heavy atom. The van der Waals surface area contributed by atoms with E-state index in [9.17, 15) is 18.0 Å². The standard InChI is InChI=1S/C31H34Cl3N3O4S/c1-21-13-16-26(18-28(21)33)37(42(40,41)27-11-7-4-8-12-27)20-30(38)36(19-23-14-15-24(32)17-29(23)34)22(2)31(39)35-25-9-5-3-6-10-25/h4,7-8,11-18,22,25H,3,5-6,9-10,19-20H2,1-2H3,(H,35,39)/t22-/m0/s1. The van der Waals surface area contributed by atoms with Crippen molar-refractivity contribution in [1.82, 2.24) is 10.2 Å². The predicted octanol–water partition coefficient (Wildman–Crippen LogP) is 7.02. The fourth-order valence-corrected chi connectivity index (χ4v) is 7.04. The van der Waals surface area contributed by atoms with Crippen LogP contribution in [-0.2, 0) is 26.2 Å². The summed E-state index contributed by atoms with van der Waals surface area (Å²) >= 11 is 18.9. The Morgan fingerprint density at radius 3 is 2.26 bits per heavy atom. The van der Waals surface area contributed by atoms with Crippen LogP contribution in [0.1, 0.15) is 50.2 Å². The highest BCUT2D eigenvalue weighted by Crippen LogP contribution is 2.29. The number of hydrogen-bond donors (Lipinski definition) is 1. The summed E-state index contributed by atoms with van der Waals surface area (Å²) in [6, 6.07) is 16.7. The molecule has 0 aliphatic heterocycles. The monoisotopic (exact) mass is 649 g/mol. The van der Waals surface area contributed by atoms with Gasteiger partial charge in [-0.25, -0.2) is 8.42 Å². The fraction of sp³-hybridized carbons (Fsp3) is 0.355. The van der Waals surface area contributed by atoms with Gasteiger partial charge in [0.1, 0.15) is 12.6 Å². The smallest absolute Gasteiger partial charge is 0.264 e. The number of hydrogen-bond acceptors (Lipinski definition) is 4. The van der Waals surface area contributed by atoms with E-state index in [4.69, 9.17) is 34.8 Å². The fourth-order valence-electron chi connectivity index (χ4n) is 4.97. The van der Waals surface area contributed by atoms with E-state index >= 15 is 0 Å². The van der Waals surface area contributed by atoms with E-state index < -0.39 is 28.5 Å². The molecule has 42 heavy (non-hydrogen) atoms. The van der Waals surface area contributed by atoms with Crippen LogP contribution in [0, 0.1) is 6.92 Å². The van der Waals surface area contributed by atoms with Gasteiger partial charge in [0.15, 0.2) is 0 Å². The summed E-state index contributed by atoms with van der Waals surface area (Å²) in [6.07, 6.45) is 4.97. The number of anilines is 1. The zero-order valence-electron chi connectivity index (χ0n) is 23.5. The van der Waals surface area contributed by atoms with Crippen LogP contribution in [0.4, 0.5) is 5.69 Å². The summed E-state index contributed by atoms with van der Waals surface area (Å²) in [4.78, 5) is 28.9. The Kier molecular flexibility index (Phi) is 10.8. The lowest BCUT2D eigenvalue weighted by Gasteiger charge is -2.33. The Bertz CT molecular complexity index is 1530. The molecule has 1 saturated carbocycles. The Balaban J connectivity index is 1.70. The molecule has 0 aromatic heterocycles. The molecule has 1 fully saturated rings. The highest BCUT2D eigenvalue weighted by Gasteiger charge is 2.33. The average molecular weight is 651 g/mol. The molecule has 3 aromatic rings. The molecule has 0 heterocycles. The number of halogens is 3. The molecule has 1 atom stereocenters. The van der Waals surface area contributed by atoms with E-state index in [2.05, 4.69) is 5.32 Å². The first-order valence-electron chi connectivity index (χ1n) is 13.8. The molecule has 4 rings (SSSR count). The maximum atomic E-state index is 14.1. The van der Waals surface area contributed by atoms with Crippen LogP contribution in [0.2, 0.25) is 15.1 Å². The second-order valence-corrected chi connectivity index (χ2v) is 13.6. The van der Waals surface area contributed by atoms with Crippen molar-refractivity contribution >= 4 is 62.3 Å². The SMILES string of the molecule is Cc1ccc(N(CC(=O)N(Cc2ccc(Cl)cc2Cl)[C@@H](C)C(=O)NC2CCCCC2)S(=O)(=O)c2ccccc2)cc1Cl. The van der Waals surface area contributed by atoms with Gasteiger partial charge < -0.3 is 10.2 Å². The highest BCUT2D eigenvalue weighted by atomic mass is 35.5. The molecule has 0 spiro atoms. The number of rotatable bonds is 10. The number of carbonyl (C=O) groups is 2. The van der Waals surface area contributed by atoms with Crippen LogP contribution in [0.5, 0.6) is 0 Å². The molecule has 7 nitrogen and oxygen atoms in total. The van der Waals surface area contributed by atoms with Gasteiger partial charge in [-0.05, 0) is 74.2 Å². The maximum Gasteiger partial charge on any atom is 0.264 e. The summed E-state index contributed by atoms with van der Waals surface area (Å²) in [5.41, 5.74) is 1.56. The zero-order valence-corrected chi connectivity index (χ0v) is 26.6. The van der Waals surface area contributed by atoms with Gasteiger partial charge in [-0.2, -0.15) is 0 Å². The first-order valence-corrected chi connectivity index (χ1v) is 16.4. The molecular formula is C31H34Cl3N3O4S. The minimum atomic E-state index is -4.18. The van der Waals surface area contributed by atoms with Crippen molar-refractivity contribution in [1.29, 1.82) is 0 Å². The third-order valence-electron chi connectivity index (χ3n) is 7.53. The van der Waals surface area contributed by atoms with Gasteiger partial charge in [-0.15, -0.1) is 0 Å². The predicted molar refractivity (Wildman–Crippen MR) is 169 cm³/mol. The van der Waals surface area contributed by atoms with E-state index in [0.717, 1.165) is 42.0 Å². The number of benzene rings is 3. The summed E-state index contributed by atoms with van der Waals surface area (Å²) < 4.78 is 28.8. The van der Waals surface area contributed by atoms with E-state index in [1.54, 1.807) is 62.4 Å². The van der Waals surface area contributed by atoms with Gasteiger partial charge in [0, 0.05) is 27.7 Å². The lowest BCUT2D eigenvalue weighted by atomic mass is 9.95. The lowest BCUT2D eigenvalue weighted by molar-refractivity contribution is -0.139. The third-order valence-corrected chi connectivity index (χ3v) is 10.3. The van der Waals surface area contributed by atoms with Gasteiger partial charge in [-0.3, -0.25) is 13.9 Å². The quantitative estimate of drug-likeness (QED) is 0.256. The molecule has 0 unspecified atom stereocenters. The maximum absolute atomic E-state index is 14.1. The second-order valence-electron chi connectivity index (χ2n) is 10.5. The van der Waals surface area contributed by atoms with Crippen LogP contribution >= 0.6 is 34.8 Å². The summed E-state index contributed by atoms with van der Waals surface area (Å²) in [5.74, 6) is -0.889. The first kappa shape index (κ1) is 32.1. The van der Waals surface area contributed by atoms with E-state index in [1.807, 2.05) is 0 Å². The molecule has 0 bridgehead atoms. The first-order chi connectivity index (χ1) is 20.0. The number of nitrogens with one attached hydrogen (secondary N) is 1. The van der Waals surface area contributed by atoms with Crippen molar-refractivity contribution in [2.24, 2.45) is 0 Å². The van der Waals surface area contributed by atoms with Crippen LogP contribution in [-0.4, -0.2) is 43.8 Å². The van der Waals surface area contributed by atoms with E-state index in [-0.39, 0.29) is 29.1 Å². The molecule has 1 aliphatic carbocycles. The topological polar surface area (TPSA) is 86.8 Å². The molecule has 0 radical (unpaired) electrons. The Labute approximate surface area is 262 Å². The minimum absolute atomic E-state index is 0.0184. The summed E-state index contributed by atoms with van der Waals surface area (Å²) in [7, 11) is -4.18. The molecule has 3 aromatic carbocycles. The largest absolute Gasteiger partial charge is 0.352 e. The molecule has 0 saturated heterocycles. The van der Waals surface area contributed by atoms with E-state index in [0.29, 0.717) is 20.6 Å². The highest BCUT2D eigenvalue weighted by molar-refractivity contribution is 7.92. The summed E-state index contributed by atoms with van der Waals surface area (Å²) in [5, 5.41) is 4.21. The Hall–Kier alpha value is -2.78. The molecular weight excluding hydrogens is 617 g/mol. The molecule has 1 N–H and O–H groups in total. The zero-order chi connectivity index (χ0) is 30.4. The van der Waals surface area contributed by atoms with Crippen LogP contribution in [0.3, 0.4) is 0 Å². The Morgan fingerprint density at radius 2 is 1.62 bits per heavy atom. The molecule has 11 heteroatoms. The number of nitrogens with zero attached hydrogens (tertiary/aromatic N) is 2. The van der Waals surface area contributed by atoms with Crippen molar-refractivity contribution in [3.05, 3.63) is 92.9 Å². The van der Waals surface area contributed by atoms with Gasteiger partial charge in [-0.1, -0.05) is 84.4 Å². The van der Waals surface area contributed by atoms with Crippen LogP contribution < -0.4 is 9.62 Å². The molecule has 1 aliphatic rings. The van der Waals surface area contributed by atoms with Crippen molar-refractivity contribution in [3.8, 4) is 0 Å². The lowest BCUT2D eigenvalue weighted by Crippen LogP contribution is -2.53. The number of sulfonamides is 1. The van der Waals surface area contributed by atoms with Crippen molar-refractivity contribution < 1.29 is 18.0 Å². The van der Waals surface area contributed by atoms with E-state index in [1.165, 1.54) is 23.1 Å². The molecule has 224 valence electrons. The normalized spacial score (nSPS) is 14.7. The molecule has 2 amide bonds. The second kappa shape index (κ2) is 14.1. The van der Waals surface area contributed by atoms with Crippen LogP contribution in [0.25, 0.3) is 0 Å². The number of amides is 2. The van der Waals surface area contributed by atoms with Crippen molar-refractivity contribution in [2.75, 3.05) is 10.8 Å². The third kappa shape index (κ3) is 7.78. The average Bonchev–Trinajstić information content (AvgIpc) is 2.97. The van der Waals surface area contributed by atoms with Crippen LogP contribution in [0.15, 0.2) is 71.6 Å². The van der Waals surface area contributed by atoms with Crippen molar-refractivity contribution in [2.45, 2.75) is 69.5 Å². The van der Waals surface area contributed by atoms with Gasteiger partial charge >= 0.3 is 0 Å². The summed E-state index contributed by atoms with van der Waals surface area (Å²) in [6.45, 7) is 2.85.